The summed E-state index contributed by atoms with van der Waals surface area (Å²) < 4.78 is 5.48. The maximum atomic E-state index is 5.48. The molecule has 0 saturated heterocycles. The third kappa shape index (κ3) is 1.58. The summed E-state index contributed by atoms with van der Waals surface area (Å²) in [6.45, 7) is 4.29. The zero-order valence-electron chi connectivity index (χ0n) is 8.53. The van der Waals surface area contributed by atoms with Gasteiger partial charge in [-0.3, -0.25) is 0 Å². The fraction of sp³-hybridized carbons (Fsp3) is 0.231. The summed E-state index contributed by atoms with van der Waals surface area (Å²) in [5, 5.41) is 0. The summed E-state index contributed by atoms with van der Waals surface area (Å²) in [5.41, 5.74) is 2.44. The highest BCUT2D eigenvalue weighted by molar-refractivity contribution is 5.65. The average molecular weight is 186 g/mol. The molecule has 1 aromatic carbocycles. The average Bonchev–Trinajstić information content (AvgIpc) is 2.67. The van der Waals surface area contributed by atoms with E-state index in [9.17, 15) is 0 Å². The molecule has 1 aromatic heterocycles. The molecule has 2 aromatic rings. The highest BCUT2D eigenvalue weighted by Gasteiger charge is 2.10. The molecule has 0 aliphatic rings. The van der Waals surface area contributed by atoms with Gasteiger partial charge in [-0.15, -0.1) is 0 Å². The van der Waals surface area contributed by atoms with Crippen LogP contribution in [0.3, 0.4) is 0 Å². The molecule has 0 N–H and O–H groups in total. The quantitative estimate of drug-likeness (QED) is 0.689. The first-order valence-electron chi connectivity index (χ1n) is 4.92. The molecule has 72 valence electrons. The largest absolute Gasteiger partial charge is 0.468 e. The predicted octanol–water partition coefficient (Wildman–Crippen LogP) is 4.07. The Kier molecular flexibility index (Phi) is 2.40. The van der Waals surface area contributed by atoms with Crippen molar-refractivity contribution in [2.24, 2.45) is 0 Å². The minimum atomic E-state index is 0.431. The summed E-state index contributed by atoms with van der Waals surface area (Å²) in [7, 11) is 0. The van der Waals surface area contributed by atoms with E-state index in [1.165, 1.54) is 11.1 Å². The van der Waals surface area contributed by atoms with Gasteiger partial charge in [-0.05, 0) is 11.6 Å². The van der Waals surface area contributed by atoms with Gasteiger partial charge in [0.2, 0.25) is 0 Å². The SMILES string of the molecule is CC(C)c1occc1-c1ccccc1. The molecule has 0 unspecified atom stereocenters. The van der Waals surface area contributed by atoms with Crippen molar-refractivity contribution in [1.82, 2.24) is 0 Å². The van der Waals surface area contributed by atoms with Crippen molar-refractivity contribution in [3.8, 4) is 11.1 Å². The monoisotopic (exact) mass is 186 g/mol. The molecule has 0 aliphatic heterocycles. The van der Waals surface area contributed by atoms with E-state index < -0.39 is 0 Å². The van der Waals surface area contributed by atoms with Gasteiger partial charge >= 0.3 is 0 Å². The van der Waals surface area contributed by atoms with Gasteiger partial charge in [-0.1, -0.05) is 44.2 Å². The van der Waals surface area contributed by atoms with Gasteiger partial charge in [-0.2, -0.15) is 0 Å². The molecule has 0 bridgehead atoms. The van der Waals surface area contributed by atoms with Gasteiger partial charge in [0.05, 0.1) is 6.26 Å². The molecule has 2 rings (SSSR count). The first-order chi connectivity index (χ1) is 6.79. The predicted molar refractivity (Wildman–Crippen MR) is 58.2 cm³/mol. The number of hydrogen-bond acceptors (Lipinski definition) is 1. The molecule has 0 amide bonds. The Hall–Kier alpha value is -1.50. The lowest BCUT2D eigenvalue weighted by atomic mass is 10.0. The highest BCUT2D eigenvalue weighted by Crippen LogP contribution is 2.29. The van der Waals surface area contributed by atoms with Crippen LogP contribution in [0.25, 0.3) is 11.1 Å². The molecule has 0 atom stereocenters. The maximum Gasteiger partial charge on any atom is 0.114 e. The van der Waals surface area contributed by atoms with Crippen LogP contribution in [0, 0.1) is 0 Å². The molecule has 0 aliphatic carbocycles. The van der Waals surface area contributed by atoms with E-state index in [-0.39, 0.29) is 0 Å². The second kappa shape index (κ2) is 3.70. The molecule has 1 nitrogen and oxygen atoms in total. The van der Waals surface area contributed by atoms with Crippen LogP contribution in [0.1, 0.15) is 25.5 Å². The van der Waals surface area contributed by atoms with E-state index in [4.69, 9.17) is 4.42 Å². The van der Waals surface area contributed by atoms with E-state index in [0.29, 0.717) is 5.92 Å². The Balaban J connectivity index is 2.47. The van der Waals surface area contributed by atoms with Crippen molar-refractivity contribution in [1.29, 1.82) is 0 Å². The van der Waals surface area contributed by atoms with Crippen LogP contribution in [-0.4, -0.2) is 0 Å². The molecular formula is C13H14O. The fourth-order valence-electron chi connectivity index (χ4n) is 1.62. The number of furan rings is 1. The van der Waals surface area contributed by atoms with Crippen molar-refractivity contribution in [3.05, 3.63) is 48.4 Å². The molecule has 1 heteroatoms. The Labute approximate surface area is 84.4 Å². The first-order valence-corrected chi connectivity index (χ1v) is 4.92. The second-order valence-electron chi connectivity index (χ2n) is 3.72. The van der Waals surface area contributed by atoms with Gasteiger partial charge < -0.3 is 4.42 Å². The van der Waals surface area contributed by atoms with E-state index in [0.717, 1.165) is 5.76 Å². The molecule has 0 saturated carbocycles. The molecule has 0 radical (unpaired) electrons. The minimum Gasteiger partial charge on any atom is -0.468 e. The summed E-state index contributed by atoms with van der Waals surface area (Å²) in [4.78, 5) is 0. The summed E-state index contributed by atoms with van der Waals surface area (Å²) in [6, 6.07) is 12.4. The number of rotatable bonds is 2. The van der Waals surface area contributed by atoms with Gasteiger partial charge in [0.15, 0.2) is 0 Å². The molecular weight excluding hydrogens is 172 g/mol. The standard InChI is InChI=1S/C13H14O/c1-10(2)13-12(8-9-14-13)11-6-4-3-5-7-11/h3-10H,1-2H3. The van der Waals surface area contributed by atoms with Gasteiger partial charge in [0, 0.05) is 11.5 Å². The summed E-state index contributed by atoms with van der Waals surface area (Å²) in [6.07, 6.45) is 1.76. The normalized spacial score (nSPS) is 10.8. The molecule has 14 heavy (non-hydrogen) atoms. The Bertz CT molecular complexity index is 398. The lowest BCUT2D eigenvalue weighted by molar-refractivity contribution is 0.488. The zero-order chi connectivity index (χ0) is 9.97. The summed E-state index contributed by atoms with van der Waals surface area (Å²) >= 11 is 0. The van der Waals surface area contributed by atoms with Gasteiger partial charge in [0.25, 0.3) is 0 Å². The van der Waals surface area contributed by atoms with Crippen LogP contribution in [0.5, 0.6) is 0 Å². The van der Waals surface area contributed by atoms with Crippen molar-refractivity contribution < 1.29 is 4.42 Å². The van der Waals surface area contributed by atoms with Crippen LogP contribution in [0.2, 0.25) is 0 Å². The third-order valence-corrected chi connectivity index (χ3v) is 2.30. The Morgan fingerprint density at radius 3 is 2.36 bits per heavy atom. The number of benzene rings is 1. The van der Waals surface area contributed by atoms with Crippen LogP contribution in [0.4, 0.5) is 0 Å². The van der Waals surface area contributed by atoms with Crippen molar-refractivity contribution in [2.45, 2.75) is 19.8 Å². The lowest BCUT2D eigenvalue weighted by Gasteiger charge is -2.04. The fourth-order valence-corrected chi connectivity index (χ4v) is 1.62. The van der Waals surface area contributed by atoms with Crippen LogP contribution < -0.4 is 0 Å². The lowest BCUT2D eigenvalue weighted by Crippen LogP contribution is -1.86. The highest BCUT2D eigenvalue weighted by atomic mass is 16.3. The van der Waals surface area contributed by atoms with Gasteiger partial charge in [0.1, 0.15) is 5.76 Å². The molecule has 0 fully saturated rings. The van der Waals surface area contributed by atoms with Crippen molar-refractivity contribution in [2.75, 3.05) is 0 Å². The summed E-state index contributed by atoms with van der Waals surface area (Å²) in [5.74, 6) is 1.50. The Morgan fingerprint density at radius 2 is 1.71 bits per heavy atom. The smallest absolute Gasteiger partial charge is 0.114 e. The van der Waals surface area contributed by atoms with Crippen LogP contribution in [-0.2, 0) is 0 Å². The van der Waals surface area contributed by atoms with E-state index in [2.05, 4.69) is 26.0 Å². The van der Waals surface area contributed by atoms with E-state index >= 15 is 0 Å². The second-order valence-corrected chi connectivity index (χ2v) is 3.72. The van der Waals surface area contributed by atoms with Gasteiger partial charge in [-0.25, -0.2) is 0 Å². The van der Waals surface area contributed by atoms with E-state index in [1.807, 2.05) is 24.3 Å². The van der Waals surface area contributed by atoms with Crippen molar-refractivity contribution in [3.63, 3.8) is 0 Å². The minimum absolute atomic E-state index is 0.431. The van der Waals surface area contributed by atoms with Crippen molar-refractivity contribution >= 4 is 0 Å². The maximum absolute atomic E-state index is 5.48. The van der Waals surface area contributed by atoms with Crippen LogP contribution in [0.15, 0.2) is 47.1 Å². The first kappa shape index (κ1) is 9.07. The van der Waals surface area contributed by atoms with E-state index in [1.54, 1.807) is 6.26 Å². The molecule has 1 heterocycles. The Morgan fingerprint density at radius 1 is 1.00 bits per heavy atom. The third-order valence-electron chi connectivity index (χ3n) is 2.30. The number of hydrogen-bond donors (Lipinski definition) is 0. The van der Waals surface area contributed by atoms with Crippen LogP contribution >= 0.6 is 0 Å². The topological polar surface area (TPSA) is 13.1 Å². The zero-order valence-corrected chi connectivity index (χ0v) is 8.53. The molecule has 0 spiro atoms.